The molecule has 0 aliphatic carbocycles. The number of ether oxygens (including phenoxy) is 3. The average Bonchev–Trinajstić information content (AvgIpc) is 3.36. The van der Waals surface area contributed by atoms with E-state index in [-0.39, 0.29) is 6.61 Å². The van der Waals surface area contributed by atoms with Crippen molar-refractivity contribution in [2.75, 3.05) is 33.4 Å². The van der Waals surface area contributed by atoms with Gasteiger partial charge in [0.15, 0.2) is 11.5 Å². The summed E-state index contributed by atoms with van der Waals surface area (Å²) in [7, 11) is 1.66. The highest BCUT2D eigenvalue weighted by Crippen LogP contribution is 2.30. The third-order valence-corrected chi connectivity index (χ3v) is 6.31. The molecule has 8 heteroatoms. The first-order chi connectivity index (χ1) is 16.5. The summed E-state index contributed by atoms with van der Waals surface area (Å²) in [6.07, 6.45) is 5.89. The van der Waals surface area contributed by atoms with Crippen molar-refractivity contribution in [1.82, 2.24) is 14.7 Å². The highest BCUT2D eigenvalue weighted by atomic mass is 35.5. The fourth-order valence-electron chi connectivity index (χ4n) is 4.08. The molecule has 2 aromatic carbocycles. The molecular weight excluding hydrogens is 454 g/mol. The second kappa shape index (κ2) is 11.6. The monoisotopic (exact) mass is 485 g/mol. The van der Waals surface area contributed by atoms with Crippen LogP contribution in [0.5, 0.6) is 17.2 Å². The summed E-state index contributed by atoms with van der Waals surface area (Å²) in [4.78, 5) is 2.34. The van der Waals surface area contributed by atoms with Crippen molar-refractivity contribution in [3.63, 3.8) is 0 Å². The number of benzene rings is 2. The van der Waals surface area contributed by atoms with Gasteiger partial charge in [-0.25, -0.2) is 0 Å². The highest BCUT2D eigenvalue weighted by molar-refractivity contribution is 6.30. The van der Waals surface area contributed by atoms with Crippen LogP contribution in [0.3, 0.4) is 0 Å². The molecule has 1 aliphatic heterocycles. The number of aryl methyl sites for hydroxylation is 1. The van der Waals surface area contributed by atoms with Crippen LogP contribution in [0.2, 0.25) is 5.02 Å². The maximum absolute atomic E-state index is 11.0. The molecule has 0 bridgehead atoms. The van der Waals surface area contributed by atoms with Gasteiger partial charge in [0.1, 0.15) is 18.0 Å². The van der Waals surface area contributed by atoms with Gasteiger partial charge in [0, 0.05) is 50.0 Å². The smallest absolute Gasteiger partial charge is 0.161 e. The molecular formula is C26H32ClN3O4. The van der Waals surface area contributed by atoms with Gasteiger partial charge in [-0.3, -0.25) is 9.58 Å². The van der Waals surface area contributed by atoms with Crippen LogP contribution in [-0.4, -0.2) is 58.8 Å². The van der Waals surface area contributed by atoms with Crippen molar-refractivity contribution in [3.8, 4) is 17.2 Å². The number of piperidine rings is 1. The van der Waals surface area contributed by atoms with E-state index in [1.54, 1.807) is 25.4 Å². The van der Waals surface area contributed by atoms with E-state index < -0.39 is 5.60 Å². The SMILES string of the molecule is COc1ccc(CN2CCC(O)(COc3cccc(Cl)c3)CC2)cc1OCCCn1cccn1. The topological polar surface area (TPSA) is 69.0 Å². The molecule has 7 nitrogen and oxygen atoms in total. The van der Waals surface area contributed by atoms with Crippen LogP contribution in [0, 0.1) is 0 Å². The zero-order chi connectivity index (χ0) is 23.8. The van der Waals surface area contributed by atoms with E-state index in [2.05, 4.69) is 22.1 Å². The molecule has 1 fully saturated rings. The first kappa shape index (κ1) is 24.4. The number of halogens is 1. The van der Waals surface area contributed by atoms with Crippen LogP contribution in [0.15, 0.2) is 60.9 Å². The molecule has 4 rings (SSSR count). The van der Waals surface area contributed by atoms with Crippen molar-refractivity contribution in [3.05, 3.63) is 71.5 Å². The summed E-state index contributed by atoms with van der Waals surface area (Å²) in [5.74, 6) is 2.16. The molecule has 3 aromatic rings. The highest BCUT2D eigenvalue weighted by Gasteiger charge is 2.33. The predicted octanol–water partition coefficient (Wildman–Crippen LogP) is 4.42. The first-order valence-electron chi connectivity index (χ1n) is 11.6. The van der Waals surface area contributed by atoms with Crippen LogP contribution in [0.25, 0.3) is 0 Å². The Bertz CT molecular complexity index is 1040. The molecule has 0 amide bonds. The number of likely N-dealkylation sites (tertiary alicyclic amines) is 1. The number of hydrogen-bond donors (Lipinski definition) is 1. The Morgan fingerprint density at radius 2 is 1.91 bits per heavy atom. The summed E-state index contributed by atoms with van der Waals surface area (Å²) in [6.45, 7) is 4.04. The summed E-state index contributed by atoms with van der Waals surface area (Å²) < 4.78 is 19.2. The Balaban J connectivity index is 1.26. The Morgan fingerprint density at radius 1 is 1.06 bits per heavy atom. The second-order valence-corrected chi connectivity index (χ2v) is 9.14. The van der Waals surface area contributed by atoms with Crippen molar-refractivity contribution >= 4 is 11.6 Å². The van der Waals surface area contributed by atoms with E-state index in [1.165, 1.54) is 0 Å². The molecule has 1 N–H and O–H groups in total. The molecule has 1 aromatic heterocycles. The van der Waals surface area contributed by atoms with Crippen molar-refractivity contribution in [1.29, 1.82) is 0 Å². The lowest BCUT2D eigenvalue weighted by Gasteiger charge is -2.38. The molecule has 1 saturated heterocycles. The van der Waals surface area contributed by atoms with Crippen LogP contribution in [-0.2, 0) is 13.1 Å². The number of rotatable bonds is 11. The molecule has 182 valence electrons. The minimum Gasteiger partial charge on any atom is -0.493 e. The molecule has 0 atom stereocenters. The van der Waals surface area contributed by atoms with E-state index in [4.69, 9.17) is 25.8 Å². The molecule has 2 heterocycles. The van der Waals surface area contributed by atoms with E-state index in [0.717, 1.165) is 49.7 Å². The van der Waals surface area contributed by atoms with Gasteiger partial charge in [0.2, 0.25) is 0 Å². The van der Waals surface area contributed by atoms with Crippen LogP contribution < -0.4 is 14.2 Å². The molecule has 0 radical (unpaired) electrons. The van der Waals surface area contributed by atoms with Crippen molar-refractivity contribution < 1.29 is 19.3 Å². The third kappa shape index (κ3) is 6.88. The molecule has 34 heavy (non-hydrogen) atoms. The average molecular weight is 486 g/mol. The minimum absolute atomic E-state index is 0.264. The number of aromatic nitrogens is 2. The number of hydrogen-bond acceptors (Lipinski definition) is 6. The summed E-state index contributed by atoms with van der Waals surface area (Å²) in [5, 5.41) is 15.8. The Hall–Kier alpha value is -2.74. The summed E-state index contributed by atoms with van der Waals surface area (Å²) >= 11 is 6.01. The van der Waals surface area contributed by atoms with Gasteiger partial charge in [-0.1, -0.05) is 23.7 Å². The minimum atomic E-state index is -0.832. The lowest BCUT2D eigenvalue weighted by molar-refractivity contribution is -0.0537. The van der Waals surface area contributed by atoms with Gasteiger partial charge < -0.3 is 19.3 Å². The fourth-order valence-corrected chi connectivity index (χ4v) is 4.26. The lowest BCUT2D eigenvalue weighted by atomic mass is 9.92. The van der Waals surface area contributed by atoms with Gasteiger partial charge >= 0.3 is 0 Å². The number of nitrogens with zero attached hydrogens (tertiary/aromatic N) is 3. The first-order valence-corrected chi connectivity index (χ1v) is 12.0. The predicted molar refractivity (Wildman–Crippen MR) is 132 cm³/mol. The van der Waals surface area contributed by atoms with E-state index in [1.807, 2.05) is 35.1 Å². The summed E-state index contributed by atoms with van der Waals surface area (Å²) in [6, 6.07) is 15.3. The van der Waals surface area contributed by atoms with Crippen molar-refractivity contribution in [2.45, 2.75) is 38.0 Å². The molecule has 1 aliphatic rings. The van der Waals surface area contributed by atoms with E-state index in [9.17, 15) is 5.11 Å². The van der Waals surface area contributed by atoms with Gasteiger partial charge in [-0.15, -0.1) is 0 Å². The van der Waals surface area contributed by atoms with Gasteiger partial charge in [0.05, 0.1) is 13.7 Å². The maximum atomic E-state index is 11.0. The quantitative estimate of drug-likeness (QED) is 0.405. The zero-order valence-electron chi connectivity index (χ0n) is 19.5. The van der Waals surface area contributed by atoms with Crippen LogP contribution in [0.4, 0.5) is 0 Å². The standard InChI is InChI=1S/C26H32ClN3O4/c1-32-24-8-7-21(17-25(24)33-16-4-13-30-12-3-11-28-30)19-29-14-9-26(31,10-15-29)20-34-23-6-2-5-22(27)18-23/h2-3,5-8,11-12,17-18,31H,4,9-10,13-16,19-20H2,1H3. The van der Waals surface area contributed by atoms with Crippen molar-refractivity contribution in [2.24, 2.45) is 0 Å². The van der Waals surface area contributed by atoms with Gasteiger partial charge in [-0.2, -0.15) is 5.10 Å². The van der Waals surface area contributed by atoms with Gasteiger partial charge in [0.25, 0.3) is 0 Å². The third-order valence-electron chi connectivity index (χ3n) is 6.07. The number of aliphatic hydroxyl groups is 1. The second-order valence-electron chi connectivity index (χ2n) is 8.70. The van der Waals surface area contributed by atoms with Gasteiger partial charge in [-0.05, 0) is 54.8 Å². The Morgan fingerprint density at radius 3 is 2.65 bits per heavy atom. The molecule has 0 spiro atoms. The normalized spacial score (nSPS) is 15.7. The molecule has 0 unspecified atom stereocenters. The number of methoxy groups -OCH3 is 1. The molecule has 0 saturated carbocycles. The largest absolute Gasteiger partial charge is 0.493 e. The zero-order valence-corrected chi connectivity index (χ0v) is 20.3. The lowest BCUT2D eigenvalue weighted by Crippen LogP contribution is -2.47. The Kier molecular flexibility index (Phi) is 8.32. The fraction of sp³-hybridized carbons (Fsp3) is 0.423. The maximum Gasteiger partial charge on any atom is 0.161 e. The van der Waals surface area contributed by atoms with E-state index >= 15 is 0 Å². The van der Waals surface area contributed by atoms with Crippen LogP contribution in [0.1, 0.15) is 24.8 Å². The van der Waals surface area contributed by atoms with E-state index in [0.29, 0.717) is 30.2 Å². The van der Waals surface area contributed by atoms with Crippen LogP contribution >= 0.6 is 11.6 Å². The summed E-state index contributed by atoms with van der Waals surface area (Å²) in [5.41, 5.74) is 0.324. The Labute approximate surface area is 205 Å².